The van der Waals surface area contributed by atoms with E-state index in [1.165, 1.54) is 64.7 Å². The molecule has 2 aliphatic heterocycles. The molecule has 0 amide bonds. The molecular weight excluding hydrogens is 284 g/mol. The van der Waals surface area contributed by atoms with E-state index in [2.05, 4.69) is 24.3 Å². The molecule has 0 radical (unpaired) electrons. The van der Waals surface area contributed by atoms with Gasteiger partial charge >= 0.3 is 0 Å². The second kappa shape index (κ2) is 8.81. The van der Waals surface area contributed by atoms with Gasteiger partial charge in [0, 0.05) is 0 Å². The second-order valence-corrected chi connectivity index (χ2v) is 7.65. The van der Waals surface area contributed by atoms with Gasteiger partial charge in [0.15, 0.2) is 0 Å². The quantitative estimate of drug-likeness (QED) is 0.699. The fraction of sp³-hybridized carbons (Fsp3) is 0.700. The smallest absolute Gasteiger partial charge is 0.0926 e. The molecule has 0 aliphatic carbocycles. The van der Waals surface area contributed by atoms with Gasteiger partial charge in [0.2, 0.25) is 0 Å². The lowest BCUT2D eigenvalue weighted by molar-refractivity contribution is -0.931. The van der Waals surface area contributed by atoms with E-state index in [0.29, 0.717) is 5.92 Å². The van der Waals surface area contributed by atoms with Gasteiger partial charge in [-0.05, 0) is 44.1 Å². The Kier molecular flexibility index (Phi) is 6.49. The Morgan fingerprint density at radius 3 is 1.70 bits per heavy atom. The Labute approximate surface area is 141 Å². The highest BCUT2D eigenvalue weighted by Gasteiger charge is 2.31. The highest BCUT2D eigenvalue weighted by Crippen LogP contribution is 2.20. The van der Waals surface area contributed by atoms with Crippen molar-refractivity contribution in [2.45, 2.75) is 44.6 Å². The number of hydrogen-bond acceptors (Lipinski definition) is 1. The van der Waals surface area contributed by atoms with Gasteiger partial charge in [-0.15, -0.1) is 0 Å². The molecule has 3 nitrogen and oxygen atoms in total. The number of aliphatic hydroxyl groups is 1. The topological polar surface area (TPSA) is 29.1 Å². The number of likely N-dealkylation sites (tertiary alicyclic amines) is 2. The molecule has 1 atom stereocenters. The highest BCUT2D eigenvalue weighted by molar-refractivity contribution is 5.18. The van der Waals surface area contributed by atoms with Crippen LogP contribution in [0.1, 0.15) is 50.2 Å². The summed E-state index contributed by atoms with van der Waals surface area (Å²) in [6.45, 7) is 7.47. The first-order chi connectivity index (χ1) is 11.3. The Bertz CT molecular complexity index is 418. The van der Waals surface area contributed by atoms with Crippen molar-refractivity contribution in [2.75, 3.05) is 39.3 Å². The van der Waals surface area contributed by atoms with Crippen LogP contribution in [0, 0.1) is 5.92 Å². The van der Waals surface area contributed by atoms with E-state index >= 15 is 0 Å². The van der Waals surface area contributed by atoms with Crippen LogP contribution in [-0.4, -0.2) is 44.4 Å². The van der Waals surface area contributed by atoms with Gasteiger partial charge in [-0.1, -0.05) is 30.3 Å². The lowest BCUT2D eigenvalue weighted by Crippen LogP contribution is -3.17. The minimum atomic E-state index is -0.306. The molecule has 2 fully saturated rings. The van der Waals surface area contributed by atoms with Gasteiger partial charge < -0.3 is 14.9 Å². The van der Waals surface area contributed by atoms with E-state index in [-0.39, 0.29) is 6.10 Å². The average molecular weight is 319 g/mol. The van der Waals surface area contributed by atoms with E-state index in [9.17, 15) is 5.11 Å². The van der Waals surface area contributed by atoms with Crippen LogP contribution in [0.25, 0.3) is 0 Å². The lowest BCUT2D eigenvalue weighted by atomic mass is 9.93. The summed E-state index contributed by atoms with van der Waals surface area (Å²) < 4.78 is 0. The zero-order valence-electron chi connectivity index (χ0n) is 14.5. The normalized spacial score (nSPS) is 22.3. The number of aliphatic hydroxyl groups excluding tert-OH is 1. The van der Waals surface area contributed by atoms with Crippen molar-refractivity contribution in [1.29, 1.82) is 0 Å². The predicted octanol–water partition coefficient (Wildman–Crippen LogP) is 0.474. The molecule has 0 spiro atoms. The summed E-state index contributed by atoms with van der Waals surface area (Å²) in [5.74, 6) is 0.388. The molecule has 1 aromatic carbocycles. The van der Waals surface area contributed by atoms with Crippen molar-refractivity contribution in [1.82, 2.24) is 0 Å². The fourth-order valence-electron chi connectivity index (χ4n) is 4.47. The number of rotatable bonds is 6. The molecule has 0 bridgehead atoms. The monoisotopic (exact) mass is 318 g/mol. The van der Waals surface area contributed by atoms with Crippen LogP contribution in [0.2, 0.25) is 0 Å². The molecule has 2 aliphatic rings. The van der Waals surface area contributed by atoms with Crippen LogP contribution in [0.5, 0.6) is 0 Å². The van der Waals surface area contributed by atoms with Gasteiger partial charge in [-0.2, -0.15) is 0 Å². The second-order valence-electron chi connectivity index (χ2n) is 7.65. The number of piperidine rings is 2. The molecule has 23 heavy (non-hydrogen) atoms. The maximum Gasteiger partial charge on any atom is 0.0926 e. The maximum atomic E-state index is 11.0. The Balaban J connectivity index is 1.66. The van der Waals surface area contributed by atoms with Crippen molar-refractivity contribution in [3.8, 4) is 0 Å². The van der Waals surface area contributed by atoms with Crippen LogP contribution < -0.4 is 9.80 Å². The van der Waals surface area contributed by atoms with Gasteiger partial charge in [0.1, 0.15) is 0 Å². The zero-order chi connectivity index (χ0) is 15.9. The van der Waals surface area contributed by atoms with Crippen LogP contribution >= 0.6 is 0 Å². The summed E-state index contributed by atoms with van der Waals surface area (Å²) >= 11 is 0. The third-order valence-electron chi connectivity index (χ3n) is 5.81. The van der Waals surface area contributed by atoms with Gasteiger partial charge in [-0.25, -0.2) is 0 Å². The first kappa shape index (κ1) is 16.9. The molecule has 0 saturated carbocycles. The summed E-state index contributed by atoms with van der Waals surface area (Å²) in [7, 11) is 0. The minimum Gasteiger partial charge on any atom is -0.388 e. The molecule has 0 aromatic heterocycles. The first-order valence-electron chi connectivity index (χ1n) is 9.73. The van der Waals surface area contributed by atoms with Crippen molar-refractivity contribution in [2.24, 2.45) is 5.92 Å². The van der Waals surface area contributed by atoms with E-state index in [4.69, 9.17) is 0 Å². The van der Waals surface area contributed by atoms with Crippen molar-refractivity contribution < 1.29 is 14.9 Å². The van der Waals surface area contributed by atoms with Crippen molar-refractivity contribution >= 4 is 0 Å². The summed E-state index contributed by atoms with van der Waals surface area (Å²) in [4.78, 5) is 3.43. The largest absolute Gasteiger partial charge is 0.388 e. The SMILES string of the molecule is O[C@H](c1ccccc1)C(C[NH+]1CCCCC1)C[NH+]1CCCCC1. The lowest BCUT2D eigenvalue weighted by Gasteiger charge is -2.33. The average Bonchev–Trinajstić information content (AvgIpc) is 2.63. The summed E-state index contributed by atoms with van der Waals surface area (Å²) in [6.07, 6.45) is 7.93. The number of nitrogens with one attached hydrogen (secondary N) is 2. The Hall–Kier alpha value is -0.900. The molecule has 1 aromatic rings. The summed E-state index contributed by atoms with van der Waals surface area (Å²) in [6, 6.07) is 10.3. The summed E-state index contributed by atoms with van der Waals surface area (Å²) in [5, 5.41) is 11.0. The highest BCUT2D eigenvalue weighted by atomic mass is 16.3. The van der Waals surface area contributed by atoms with Crippen LogP contribution in [0.3, 0.4) is 0 Å². The number of quaternary nitrogens is 2. The Morgan fingerprint density at radius 2 is 1.22 bits per heavy atom. The molecule has 3 N–H and O–H groups in total. The van der Waals surface area contributed by atoms with Gasteiger partial charge in [-0.3, -0.25) is 0 Å². The molecule has 128 valence electrons. The third-order valence-corrected chi connectivity index (χ3v) is 5.81. The molecule has 2 saturated heterocycles. The van der Waals surface area contributed by atoms with E-state index < -0.39 is 0 Å². The van der Waals surface area contributed by atoms with Crippen molar-refractivity contribution in [3.63, 3.8) is 0 Å². The maximum absolute atomic E-state index is 11.0. The van der Waals surface area contributed by atoms with Crippen LogP contribution in [-0.2, 0) is 0 Å². The Morgan fingerprint density at radius 1 is 0.739 bits per heavy atom. The van der Waals surface area contributed by atoms with Crippen molar-refractivity contribution in [3.05, 3.63) is 35.9 Å². The predicted molar refractivity (Wildman–Crippen MR) is 93.7 cm³/mol. The van der Waals surface area contributed by atoms with E-state index in [1.54, 1.807) is 9.80 Å². The molecule has 3 rings (SSSR count). The van der Waals surface area contributed by atoms with Gasteiger partial charge in [0.05, 0.1) is 51.3 Å². The fourth-order valence-corrected chi connectivity index (χ4v) is 4.47. The molecule has 3 heteroatoms. The molecule has 0 unspecified atom stereocenters. The third kappa shape index (κ3) is 5.03. The molecule has 2 heterocycles. The standard InChI is InChI=1S/C20H32N2O/c23-20(18-10-4-1-5-11-18)19(16-21-12-6-2-7-13-21)17-22-14-8-3-9-15-22/h1,4-5,10-11,19-20,23H,2-3,6-9,12-17H2/p+2/t20-/m1/s1. The van der Waals surface area contributed by atoms with Gasteiger partial charge in [0.25, 0.3) is 0 Å². The molecular formula is C20H34N2O+2. The van der Waals surface area contributed by atoms with E-state index in [0.717, 1.165) is 18.7 Å². The number of benzene rings is 1. The number of hydrogen-bond donors (Lipinski definition) is 3. The summed E-state index contributed by atoms with van der Waals surface area (Å²) in [5.41, 5.74) is 1.10. The van der Waals surface area contributed by atoms with Crippen LogP contribution in [0.4, 0.5) is 0 Å². The minimum absolute atomic E-state index is 0.306. The van der Waals surface area contributed by atoms with Crippen LogP contribution in [0.15, 0.2) is 30.3 Å². The first-order valence-corrected chi connectivity index (χ1v) is 9.73. The zero-order valence-corrected chi connectivity index (χ0v) is 14.5. The van der Waals surface area contributed by atoms with E-state index in [1.807, 2.05) is 6.07 Å².